The van der Waals surface area contributed by atoms with Crippen LogP contribution in [0.3, 0.4) is 0 Å². The van der Waals surface area contributed by atoms with Crippen LogP contribution in [0.15, 0.2) is 27.4 Å². The molecule has 2 heterocycles. The van der Waals surface area contributed by atoms with E-state index in [9.17, 15) is 45.6 Å². The highest BCUT2D eigenvalue weighted by atomic mass is 16.5. The molecule has 0 radical (unpaired) electrons. The molecule has 0 spiro atoms. The summed E-state index contributed by atoms with van der Waals surface area (Å²) in [6, 6.07) is 3.14. The fourth-order valence-electron chi connectivity index (χ4n) is 3.65. The van der Waals surface area contributed by atoms with Crippen molar-refractivity contribution in [2.45, 2.75) is 30.5 Å². The summed E-state index contributed by atoms with van der Waals surface area (Å²) < 4.78 is 10.7. The summed E-state index contributed by atoms with van der Waals surface area (Å²) in [7, 11) is 0. The molecular weight excluding hydrogens is 404 g/mol. The zero-order valence-electron chi connectivity index (χ0n) is 15.1. The van der Waals surface area contributed by atoms with Gasteiger partial charge in [-0.2, -0.15) is 0 Å². The number of hydrogen-bond acceptors (Lipinski definition) is 11. The Morgan fingerprint density at radius 2 is 1.60 bits per heavy atom. The van der Waals surface area contributed by atoms with E-state index in [1.807, 2.05) is 0 Å². The zero-order chi connectivity index (χ0) is 21.9. The molecular formula is C19H18O11. The first-order valence-corrected chi connectivity index (χ1v) is 8.84. The second kappa shape index (κ2) is 7.00. The number of aromatic hydroxyl groups is 4. The molecule has 0 aliphatic carbocycles. The number of hydrogen-bond donors (Lipinski definition) is 8. The molecule has 3 aromatic rings. The Bertz CT molecular complexity index is 1200. The van der Waals surface area contributed by atoms with E-state index in [1.165, 1.54) is 0 Å². The predicted octanol–water partition coefficient (Wildman–Crippen LogP) is -0.717. The predicted molar refractivity (Wildman–Crippen MR) is 99.4 cm³/mol. The molecule has 30 heavy (non-hydrogen) atoms. The molecule has 1 saturated heterocycles. The van der Waals surface area contributed by atoms with Crippen molar-refractivity contribution in [1.82, 2.24) is 0 Å². The highest BCUT2D eigenvalue weighted by Gasteiger charge is 2.46. The van der Waals surface area contributed by atoms with Gasteiger partial charge in [0.25, 0.3) is 0 Å². The van der Waals surface area contributed by atoms with E-state index in [-0.39, 0.29) is 16.6 Å². The van der Waals surface area contributed by atoms with Gasteiger partial charge in [0.15, 0.2) is 11.3 Å². The second-order valence-electron chi connectivity index (χ2n) is 7.02. The first kappa shape index (κ1) is 20.2. The Hall–Kier alpha value is -3.09. The maximum atomic E-state index is 12.9. The summed E-state index contributed by atoms with van der Waals surface area (Å²) >= 11 is 0. The van der Waals surface area contributed by atoms with Gasteiger partial charge in [0.2, 0.25) is 11.2 Å². The number of phenols is 4. The number of benzene rings is 2. The van der Waals surface area contributed by atoms with E-state index < -0.39 is 76.5 Å². The molecule has 2 aromatic carbocycles. The van der Waals surface area contributed by atoms with Gasteiger partial charge >= 0.3 is 0 Å². The Morgan fingerprint density at radius 1 is 0.900 bits per heavy atom. The lowest BCUT2D eigenvalue weighted by Crippen LogP contribution is -2.55. The van der Waals surface area contributed by atoms with Crippen molar-refractivity contribution >= 4 is 21.9 Å². The number of phenolic OH excluding ortho intramolecular Hbond substituents is 4. The van der Waals surface area contributed by atoms with Crippen molar-refractivity contribution in [2.24, 2.45) is 0 Å². The smallest absolute Gasteiger partial charge is 0.204 e. The summed E-state index contributed by atoms with van der Waals surface area (Å²) in [5, 5.41) is 79.7. The summed E-state index contributed by atoms with van der Waals surface area (Å²) in [6.07, 6.45) is -8.16. The van der Waals surface area contributed by atoms with Crippen LogP contribution in [0.1, 0.15) is 11.7 Å². The van der Waals surface area contributed by atoms with Gasteiger partial charge in [-0.25, -0.2) is 0 Å². The lowest BCUT2D eigenvalue weighted by atomic mass is 9.89. The fourth-order valence-corrected chi connectivity index (χ4v) is 3.65. The van der Waals surface area contributed by atoms with Gasteiger partial charge in [-0.15, -0.1) is 0 Å². The number of rotatable bonds is 2. The Morgan fingerprint density at radius 3 is 2.27 bits per heavy atom. The minimum Gasteiger partial charge on any atom is -0.507 e. The number of aliphatic hydroxyl groups is 4. The van der Waals surface area contributed by atoms with Crippen molar-refractivity contribution in [3.8, 4) is 23.0 Å². The molecule has 11 nitrogen and oxygen atoms in total. The van der Waals surface area contributed by atoms with Crippen LogP contribution in [0.5, 0.6) is 23.0 Å². The normalized spacial score (nSPS) is 27.0. The van der Waals surface area contributed by atoms with Crippen molar-refractivity contribution < 1.29 is 50.0 Å². The monoisotopic (exact) mass is 422 g/mol. The summed E-state index contributed by atoms with van der Waals surface area (Å²) in [5.41, 5.74) is -1.98. The quantitative estimate of drug-likeness (QED) is 0.191. The minimum absolute atomic E-state index is 0.182. The Labute approximate surface area is 166 Å². The van der Waals surface area contributed by atoms with Crippen LogP contribution in [0, 0.1) is 0 Å². The molecule has 11 heteroatoms. The van der Waals surface area contributed by atoms with Gasteiger partial charge in [0, 0.05) is 6.07 Å². The lowest BCUT2D eigenvalue weighted by molar-refractivity contribution is -0.232. The molecule has 160 valence electrons. The van der Waals surface area contributed by atoms with E-state index in [1.54, 1.807) is 0 Å². The van der Waals surface area contributed by atoms with Gasteiger partial charge < -0.3 is 50.0 Å². The van der Waals surface area contributed by atoms with Crippen LogP contribution in [-0.4, -0.2) is 71.9 Å². The molecule has 4 rings (SSSR count). The molecule has 0 saturated carbocycles. The van der Waals surface area contributed by atoms with Gasteiger partial charge in [-0.1, -0.05) is 0 Å². The third-order valence-electron chi connectivity index (χ3n) is 5.25. The third kappa shape index (κ3) is 2.75. The van der Waals surface area contributed by atoms with E-state index in [0.717, 1.165) is 18.2 Å². The topological polar surface area (TPSA) is 201 Å². The van der Waals surface area contributed by atoms with Crippen molar-refractivity contribution in [1.29, 1.82) is 0 Å². The Kier molecular flexibility index (Phi) is 4.71. The molecule has 8 N–H and O–H groups in total. The minimum atomic E-state index is -1.81. The van der Waals surface area contributed by atoms with Crippen LogP contribution < -0.4 is 5.43 Å². The highest BCUT2D eigenvalue weighted by Crippen LogP contribution is 2.45. The van der Waals surface area contributed by atoms with E-state index in [4.69, 9.17) is 9.15 Å². The maximum absolute atomic E-state index is 12.9. The second-order valence-corrected chi connectivity index (χ2v) is 7.02. The van der Waals surface area contributed by atoms with Crippen molar-refractivity contribution in [3.63, 3.8) is 0 Å². The first-order valence-electron chi connectivity index (χ1n) is 8.84. The number of fused-ring (bicyclic) bond motifs is 2. The zero-order valence-corrected chi connectivity index (χ0v) is 15.1. The SMILES string of the molecule is O=c1c2ccc(O)c(O)c2oc2cc(O)c([C@@H]3O[C@H](CO)[C@@H](O)[C@H](O)[C@H]3O)c(O)c12. The van der Waals surface area contributed by atoms with Gasteiger partial charge in [0.05, 0.1) is 17.6 Å². The third-order valence-corrected chi connectivity index (χ3v) is 5.25. The van der Waals surface area contributed by atoms with E-state index >= 15 is 0 Å². The fraction of sp³-hybridized carbons (Fsp3) is 0.316. The van der Waals surface area contributed by atoms with Crippen LogP contribution in [0.4, 0.5) is 0 Å². The Balaban J connectivity index is 1.98. The standard InChI is InChI=1S/C19H18O11/c20-4-9-14(25)16(27)17(28)19(30-9)10-7(22)3-8-11(15(10)26)12(23)5-1-2-6(21)13(24)18(5)29-8/h1-3,9,14,16-17,19-22,24-28H,4H2/t9-,14-,16+,17-,19+/m1/s1. The average molecular weight is 422 g/mol. The lowest BCUT2D eigenvalue weighted by Gasteiger charge is -2.40. The van der Waals surface area contributed by atoms with Crippen molar-refractivity contribution in [2.75, 3.05) is 6.61 Å². The van der Waals surface area contributed by atoms with E-state index in [0.29, 0.717) is 0 Å². The summed E-state index contributed by atoms with van der Waals surface area (Å²) in [6.45, 7) is -0.730. The maximum Gasteiger partial charge on any atom is 0.204 e. The molecule has 0 bridgehead atoms. The molecule has 1 aromatic heterocycles. The van der Waals surface area contributed by atoms with Gasteiger partial charge in [0.1, 0.15) is 53.0 Å². The van der Waals surface area contributed by atoms with Crippen LogP contribution in [-0.2, 0) is 4.74 Å². The number of ether oxygens (including phenoxy) is 1. The van der Waals surface area contributed by atoms with Gasteiger partial charge in [-0.05, 0) is 12.1 Å². The molecule has 1 aliphatic rings. The van der Waals surface area contributed by atoms with Crippen LogP contribution in [0.25, 0.3) is 21.9 Å². The van der Waals surface area contributed by atoms with Crippen molar-refractivity contribution in [3.05, 3.63) is 34.0 Å². The van der Waals surface area contributed by atoms with Gasteiger partial charge in [-0.3, -0.25) is 4.79 Å². The molecule has 0 unspecified atom stereocenters. The van der Waals surface area contributed by atoms with Crippen LogP contribution >= 0.6 is 0 Å². The molecule has 5 atom stereocenters. The highest BCUT2D eigenvalue weighted by molar-refractivity contribution is 5.97. The average Bonchev–Trinajstić information content (AvgIpc) is 2.70. The molecule has 1 aliphatic heterocycles. The summed E-state index contributed by atoms with van der Waals surface area (Å²) in [5.74, 6) is -2.76. The van der Waals surface area contributed by atoms with E-state index in [2.05, 4.69) is 0 Å². The molecule has 0 amide bonds. The summed E-state index contributed by atoms with van der Waals surface area (Å²) in [4.78, 5) is 12.9. The number of aliphatic hydroxyl groups excluding tert-OH is 4. The first-order chi connectivity index (χ1) is 14.2. The van der Waals surface area contributed by atoms with Crippen LogP contribution in [0.2, 0.25) is 0 Å². The largest absolute Gasteiger partial charge is 0.507 e. The molecule has 1 fully saturated rings.